The first-order valence-electron chi connectivity index (χ1n) is 7.40. The van der Waals surface area contributed by atoms with Crippen LogP contribution in [-0.2, 0) is 7.05 Å². The Labute approximate surface area is 145 Å². The van der Waals surface area contributed by atoms with Crippen LogP contribution in [-0.4, -0.2) is 8.97 Å². The average molecular weight is 351 g/mol. The van der Waals surface area contributed by atoms with Gasteiger partial charge in [0.05, 0.1) is 16.3 Å². The molecule has 2 N–H and O–H groups in total. The molecule has 0 aliphatic heterocycles. The number of nitrogen functional groups attached to an aromatic ring is 1. The molecule has 0 amide bonds. The first-order valence-corrected chi connectivity index (χ1v) is 7.78. The highest BCUT2D eigenvalue weighted by Crippen LogP contribution is 2.24. The number of hydrogen-bond donors (Lipinski definition) is 1. The zero-order chi connectivity index (χ0) is 17.9. The lowest BCUT2D eigenvalue weighted by Gasteiger charge is -2.14. The molecular weight excluding hydrogens is 340 g/mol. The van der Waals surface area contributed by atoms with Gasteiger partial charge in [-0.15, -0.1) is 0 Å². The van der Waals surface area contributed by atoms with Crippen molar-refractivity contribution in [3.8, 4) is 6.07 Å². The minimum Gasteiger partial charge on any atom is -0.399 e. The minimum atomic E-state index is -0.348. The Morgan fingerprint density at radius 2 is 1.80 bits per heavy atom. The quantitative estimate of drug-likeness (QED) is 0.299. The molecule has 0 saturated heterocycles. The first-order chi connectivity index (χ1) is 11.9. The van der Waals surface area contributed by atoms with Crippen LogP contribution in [0.15, 0.2) is 46.0 Å². The van der Waals surface area contributed by atoms with Gasteiger partial charge in [0, 0.05) is 23.1 Å². The summed E-state index contributed by atoms with van der Waals surface area (Å²) in [5, 5.41) is 11.2. The number of aryl methyl sites for hydroxylation is 1. The molecule has 122 valence electrons. The summed E-state index contributed by atoms with van der Waals surface area (Å²) < 4.78 is 2.67. The lowest BCUT2D eigenvalue weighted by Crippen LogP contribution is -2.27. The van der Waals surface area contributed by atoms with Crippen molar-refractivity contribution >= 4 is 44.6 Å². The maximum absolute atomic E-state index is 13.1. The normalized spacial score (nSPS) is 11.2. The molecule has 0 fully saturated rings. The van der Waals surface area contributed by atoms with E-state index in [9.17, 15) is 14.9 Å². The van der Waals surface area contributed by atoms with Gasteiger partial charge in [-0.25, -0.2) is 0 Å². The van der Waals surface area contributed by atoms with E-state index < -0.39 is 0 Å². The van der Waals surface area contributed by atoms with E-state index in [4.69, 9.17) is 17.3 Å². The van der Waals surface area contributed by atoms with Gasteiger partial charge in [0.2, 0.25) is 0 Å². The predicted octanol–water partition coefficient (Wildman–Crippen LogP) is 2.41. The van der Waals surface area contributed by atoms with Crippen LogP contribution in [0.5, 0.6) is 0 Å². The van der Waals surface area contributed by atoms with Gasteiger partial charge in [0.1, 0.15) is 17.3 Å². The molecular formula is C18H11ClN4O2. The molecule has 4 rings (SSSR count). The summed E-state index contributed by atoms with van der Waals surface area (Å²) in [7, 11) is 1.53. The topological polar surface area (TPSA) is 93.3 Å². The Balaban J connectivity index is 2.49. The third-order valence-electron chi connectivity index (χ3n) is 4.35. The number of aromatic nitrogens is 2. The molecule has 2 heterocycles. The molecule has 0 bridgehead atoms. The van der Waals surface area contributed by atoms with Crippen molar-refractivity contribution in [1.82, 2.24) is 8.97 Å². The molecule has 7 heteroatoms. The van der Waals surface area contributed by atoms with E-state index in [0.717, 1.165) is 0 Å². The monoisotopic (exact) mass is 350 g/mol. The van der Waals surface area contributed by atoms with Crippen LogP contribution in [0.2, 0.25) is 5.02 Å². The van der Waals surface area contributed by atoms with Gasteiger partial charge in [-0.05, 0) is 30.3 Å². The van der Waals surface area contributed by atoms with Crippen molar-refractivity contribution in [3.05, 3.63) is 67.7 Å². The number of rotatable bonds is 0. The van der Waals surface area contributed by atoms with E-state index in [-0.39, 0.29) is 22.3 Å². The lowest BCUT2D eigenvalue weighted by atomic mass is 10.1. The van der Waals surface area contributed by atoms with Gasteiger partial charge in [-0.1, -0.05) is 17.7 Å². The molecule has 0 aliphatic rings. The number of pyridine rings is 1. The van der Waals surface area contributed by atoms with E-state index in [0.29, 0.717) is 32.4 Å². The fourth-order valence-corrected chi connectivity index (χ4v) is 3.38. The van der Waals surface area contributed by atoms with Gasteiger partial charge in [-0.3, -0.25) is 18.6 Å². The fourth-order valence-electron chi connectivity index (χ4n) is 3.21. The molecule has 2 aromatic carbocycles. The van der Waals surface area contributed by atoms with E-state index in [1.54, 1.807) is 24.3 Å². The number of fused-ring (bicyclic) bond motifs is 4. The zero-order valence-corrected chi connectivity index (χ0v) is 13.8. The maximum atomic E-state index is 13.1. The van der Waals surface area contributed by atoms with Crippen LogP contribution >= 0.6 is 11.6 Å². The summed E-state index contributed by atoms with van der Waals surface area (Å²) in [6.07, 6.45) is 0. The number of halogens is 1. The van der Waals surface area contributed by atoms with Crippen LogP contribution < -0.4 is 16.9 Å². The predicted molar refractivity (Wildman–Crippen MR) is 98.1 cm³/mol. The van der Waals surface area contributed by atoms with Crippen LogP contribution in [0.4, 0.5) is 5.69 Å². The fraction of sp³-hybridized carbons (Fsp3) is 0.0556. The number of nitrogens with zero attached hydrogens (tertiary/aromatic N) is 3. The lowest BCUT2D eigenvalue weighted by molar-refractivity contribution is 0.868. The van der Waals surface area contributed by atoms with Crippen molar-refractivity contribution in [2.45, 2.75) is 0 Å². The second kappa shape index (κ2) is 5.10. The second-order valence-electron chi connectivity index (χ2n) is 5.78. The summed E-state index contributed by atoms with van der Waals surface area (Å²) in [5.41, 5.74) is 6.43. The number of hydrogen-bond acceptors (Lipinski definition) is 4. The zero-order valence-electron chi connectivity index (χ0n) is 13.1. The number of benzene rings is 2. The van der Waals surface area contributed by atoms with Crippen molar-refractivity contribution in [2.75, 3.05) is 5.73 Å². The first kappa shape index (κ1) is 15.2. The van der Waals surface area contributed by atoms with E-state index >= 15 is 0 Å². The van der Waals surface area contributed by atoms with Crippen molar-refractivity contribution in [2.24, 2.45) is 7.05 Å². The Hall–Kier alpha value is -3.30. The van der Waals surface area contributed by atoms with Crippen LogP contribution in [0.3, 0.4) is 0 Å². The molecule has 0 saturated carbocycles. The van der Waals surface area contributed by atoms with E-state index in [1.165, 1.54) is 28.1 Å². The third-order valence-corrected chi connectivity index (χ3v) is 4.58. The molecule has 0 spiro atoms. The van der Waals surface area contributed by atoms with E-state index in [1.807, 2.05) is 0 Å². The summed E-state index contributed by atoms with van der Waals surface area (Å²) in [6.45, 7) is 0. The molecule has 0 aliphatic carbocycles. The summed E-state index contributed by atoms with van der Waals surface area (Å²) in [5.74, 6) is 0. The van der Waals surface area contributed by atoms with Crippen molar-refractivity contribution < 1.29 is 0 Å². The molecule has 0 atom stereocenters. The van der Waals surface area contributed by atoms with Gasteiger partial charge in [0.15, 0.2) is 0 Å². The Kier molecular flexibility index (Phi) is 3.11. The van der Waals surface area contributed by atoms with Gasteiger partial charge >= 0.3 is 0 Å². The number of nitrogens with two attached hydrogens (primary N) is 1. The van der Waals surface area contributed by atoms with Crippen LogP contribution in [0.1, 0.15) is 5.56 Å². The SMILES string of the molecule is Cn1c(=O)c2cc(Cl)ccc2n2c(=O)c3cc(N)ccc3c(C#N)c12. The molecule has 0 unspecified atom stereocenters. The molecule has 25 heavy (non-hydrogen) atoms. The molecule has 6 nitrogen and oxygen atoms in total. The summed E-state index contributed by atoms with van der Waals surface area (Å²) >= 11 is 6.00. The summed E-state index contributed by atoms with van der Waals surface area (Å²) in [4.78, 5) is 25.8. The van der Waals surface area contributed by atoms with Crippen molar-refractivity contribution in [1.29, 1.82) is 5.26 Å². The van der Waals surface area contributed by atoms with Crippen molar-refractivity contribution in [3.63, 3.8) is 0 Å². The van der Waals surface area contributed by atoms with Gasteiger partial charge in [-0.2, -0.15) is 5.26 Å². The molecule has 4 aromatic rings. The van der Waals surface area contributed by atoms with Crippen LogP contribution in [0, 0.1) is 11.3 Å². The molecule has 0 radical (unpaired) electrons. The number of anilines is 1. The Bertz CT molecular complexity index is 1380. The smallest absolute Gasteiger partial charge is 0.264 e. The molecule has 2 aromatic heterocycles. The maximum Gasteiger partial charge on any atom is 0.264 e. The second-order valence-corrected chi connectivity index (χ2v) is 6.22. The summed E-state index contributed by atoms with van der Waals surface area (Å²) in [6, 6.07) is 11.6. The van der Waals surface area contributed by atoms with Gasteiger partial charge in [0.25, 0.3) is 11.1 Å². The van der Waals surface area contributed by atoms with E-state index in [2.05, 4.69) is 6.07 Å². The Morgan fingerprint density at radius 3 is 2.52 bits per heavy atom. The highest BCUT2D eigenvalue weighted by molar-refractivity contribution is 6.31. The number of nitriles is 1. The average Bonchev–Trinajstić information content (AvgIpc) is 2.60. The van der Waals surface area contributed by atoms with Gasteiger partial charge < -0.3 is 5.73 Å². The minimum absolute atomic E-state index is 0.240. The highest BCUT2D eigenvalue weighted by Gasteiger charge is 2.18. The standard InChI is InChI=1S/C18H11ClN4O2/c1-22-16-14(8-20)11-4-3-10(21)7-12(11)18(25)23(16)15-5-2-9(19)6-13(15)17(22)24/h2-7H,21H2,1H3. The Morgan fingerprint density at radius 1 is 1.04 bits per heavy atom. The van der Waals surface area contributed by atoms with Crippen LogP contribution in [0.25, 0.3) is 27.3 Å². The largest absolute Gasteiger partial charge is 0.399 e. The third kappa shape index (κ3) is 1.96. The highest BCUT2D eigenvalue weighted by atomic mass is 35.5.